The van der Waals surface area contributed by atoms with E-state index in [-0.39, 0.29) is 5.78 Å². The Morgan fingerprint density at radius 3 is 1.18 bits per heavy atom. The van der Waals surface area contributed by atoms with Gasteiger partial charge in [-0.05, 0) is 65.0 Å². The Labute approximate surface area is 358 Å². The molecule has 0 amide bonds. The first-order valence-corrected chi connectivity index (χ1v) is 27.8. The maximum absolute atomic E-state index is 13.8. The minimum atomic E-state index is -2.00. The summed E-state index contributed by atoms with van der Waals surface area (Å²) < 4.78 is 0. The molecule has 0 fully saturated rings. The van der Waals surface area contributed by atoms with E-state index >= 15 is 0 Å². The van der Waals surface area contributed by atoms with E-state index in [2.05, 4.69) is 222 Å². The SMILES string of the molecule is C[PH+](c1ccccc1)c1ccccc1.O=C([C-]=P(CC[PH+](Cc1ccccc1)Cc1ccccc1)(Cc1ccccc1)Cc1ccccc1)c1ccccc1.[Cl][Pd+]. The molecule has 0 spiro atoms. The van der Waals surface area contributed by atoms with E-state index in [1.165, 1.54) is 32.9 Å². The van der Waals surface area contributed by atoms with Gasteiger partial charge in [-0.15, -0.1) is 17.7 Å². The van der Waals surface area contributed by atoms with Gasteiger partial charge in [0.05, 0.1) is 43.7 Å². The molecular formula is C51H52ClOP3Pd+2. The molecule has 0 heterocycles. The van der Waals surface area contributed by atoms with E-state index in [1.807, 2.05) is 30.3 Å². The van der Waals surface area contributed by atoms with Crippen molar-refractivity contribution in [3.05, 3.63) is 240 Å². The minimum absolute atomic E-state index is 0.0469. The summed E-state index contributed by atoms with van der Waals surface area (Å²) in [6.45, 7) is 0.344. The first kappa shape index (κ1) is 44.4. The number of Topliss-reactive ketones (excluding diaryl/α,β-unsaturated/α-hetero) is 1. The third-order valence-electron chi connectivity index (χ3n) is 9.93. The number of carbonyl (C=O) groups excluding carboxylic acids is 1. The second-order valence-electron chi connectivity index (χ2n) is 14.1. The first-order chi connectivity index (χ1) is 28.1. The van der Waals surface area contributed by atoms with Gasteiger partial charge in [-0.25, -0.2) is 0 Å². The van der Waals surface area contributed by atoms with Gasteiger partial charge in [0.1, 0.15) is 0 Å². The first-order valence-electron chi connectivity index (χ1n) is 19.3. The number of benzene rings is 7. The summed E-state index contributed by atoms with van der Waals surface area (Å²) in [5.74, 6) is 3.76. The average Bonchev–Trinajstić information content (AvgIpc) is 3.28. The van der Waals surface area contributed by atoms with Gasteiger partial charge in [-0.2, -0.15) is 12.7 Å². The van der Waals surface area contributed by atoms with Crippen LogP contribution >= 0.6 is 32.3 Å². The van der Waals surface area contributed by atoms with Gasteiger partial charge < -0.3 is 4.79 Å². The van der Waals surface area contributed by atoms with Crippen LogP contribution in [0.1, 0.15) is 32.6 Å². The fraction of sp³-hybridized carbons (Fsp3) is 0.137. The van der Waals surface area contributed by atoms with Crippen LogP contribution in [-0.4, -0.2) is 30.6 Å². The van der Waals surface area contributed by atoms with Crippen LogP contribution in [0.2, 0.25) is 0 Å². The zero-order valence-corrected chi connectivity index (χ0v) is 37.7. The topological polar surface area (TPSA) is 17.1 Å². The zero-order chi connectivity index (χ0) is 40.0. The number of hydrogen-bond acceptors (Lipinski definition) is 1. The van der Waals surface area contributed by atoms with Crippen LogP contribution in [0.15, 0.2) is 212 Å². The normalized spacial score (nSPS) is 10.8. The van der Waals surface area contributed by atoms with Crippen molar-refractivity contribution in [2.24, 2.45) is 0 Å². The number of rotatable bonds is 15. The monoisotopic (exact) mass is 914 g/mol. The summed E-state index contributed by atoms with van der Waals surface area (Å²) in [6.07, 6.45) is 6.23. The van der Waals surface area contributed by atoms with Crippen LogP contribution in [0, 0.1) is 0 Å². The molecular weight excluding hydrogens is 863 g/mol. The molecule has 7 aromatic rings. The molecule has 0 bridgehead atoms. The maximum atomic E-state index is 13.8. The quantitative estimate of drug-likeness (QED) is 0.0433. The third kappa shape index (κ3) is 15.2. The summed E-state index contributed by atoms with van der Waals surface area (Å²) in [7, 11) is 3.16. The molecule has 0 unspecified atom stereocenters. The van der Waals surface area contributed by atoms with Gasteiger partial charge in [-0.3, -0.25) is 0 Å². The molecule has 57 heavy (non-hydrogen) atoms. The average molecular weight is 916 g/mol. The van der Waals surface area contributed by atoms with E-state index in [0.29, 0.717) is 0 Å². The molecule has 0 aliphatic rings. The summed E-state index contributed by atoms with van der Waals surface area (Å²) in [5.41, 5.74) is 6.16. The van der Waals surface area contributed by atoms with Crippen molar-refractivity contribution in [2.75, 3.05) is 19.0 Å². The number of hydrogen-bond donors (Lipinski definition) is 0. The van der Waals surface area contributed by atoms with Crippen molar-refractivity contribution < 1.29 is 23.0 Å². The molecule has 0 saturated carbocycles. The van der Waals surface area contributed by atoms with Gasteiger partial charge >= 0.3 is 27.7 Å². The van der Waals surface area contributed by atoms with E-state index < -0.39 is 22.7 Å². The van der Waals surface area contributed by atoms with Crippen LogP contribution in [0.4, 0.5) is 0 Å². The van der Waals surface area contributed by atoms with Crippen LogP contribution in [0.3, 0.4) is 0 Å². The van der Waals surface area contributed by atoms with Crippen LogP contribution in [0.5, 0.6) is 0 Å². The molecule has 0 aliphatic heterocycles. The van der Waals surface area contributed by atoms with Crippen LogP contribution in [0.25, 0.3) is 0 Å². The zero-order valence-electron chi connectivity index (χ0n) is 32.5. The summed E-state index contributed by atoms with van der Waals surface area (Å²) >= 11 is 2.22. The molecule has 0 aliphatic carbocycles. The van der Waals surface area contributed by atoms with Crippen molar-refractivity contribution >= 4 is 54.4 Å². The van der Waals surface area contributed by atoms with Gasteiger partial charge in [0, 0.05) is 13.7 Å². The van der Waals surface area contributed by atoms with Gasteiger partial charge in [0.25, 0.3) is 0 Å². The predicted octanol–water partition coefficient (Wildman–Crippen LogP) is 12.7. The number of halogens is 1. The van der Waals surface area contributed by atoms with E-state index in [1.54, 1.807) is 0 Å². The second kappa shape index (κ2) is 24.9. The number of ketones is 1. The van der Waals surface area contributed by atoms with E-state index in [0.717, 1.165) is 42.5 Å². The van der Waals surface area contributed by atoms with Crippen molar-refractivity contribution in [3.8, 4) is 0 Å². The van der Waals surface area contributed by atoms with Gasteiger partial charge in [-0.1, -0.05) is 176 Å². The molecule has 0 atom stereocenters. The third-order valence-corrected chi connectivity index (χ3v) is 19.2. The van der Waals surface area contributed by atoms with E-state index in [9.17, 15) is 4.79 Å². The van der Waals surface area contributed by atoms with E-state index in [4.69, 9.17) is 0 Å². The Hall–Kier alpha value is -3.68. The molecule has 0 saturated heterocycles. The molecule has 7 aromatic carbocycles. The standard InChI is InChI=1S/C38H37OP2.C13H13P.ClH.Pd/c39-38(37-24-14-5-15-25-37)32-41(30-35-20-10-3-11-21-35,31-36-22-12-4-13-23-36)27-26-40(28-33-16-6-1-7-17-33)29-34-18-8-2-9-19-34;1-14(12-8-4-2-5-9-12)13-10-6-3-7-11-13;;/h1-25H,26-31H2;2-11H,1H3;1H;/q-1;;;+2/p+1. The van der Waals surface area contributed by atoms with Gasteiger partial charge in [0.15, 0.2) is 0 Å². The summed E-state index contributed by atoms with van der Waals surface area (Å²) in [6, 6.07) is 74.6. The van der Waals surface area contributed by atoms with Crippen molar-refractivity contribution in [3.63, 3.8) is 0 Å². The van der Waals surface area contributed by atoms with Crippen LogP contribution in [-0.2, 0) is 42.8 Å². The molecule has 7 rings (SSSR count). The molecule has 292 valence electrons. The second-order valence-corrected chi connectivity index (χ2v) is 22.9. The number of carbonyl (C=O) groups is 1. The fourth-order valence-electron chi connectivity index (χ4n) is 7.01. The Balaban J connectivity index is 0.000000323. The van der Waals surface area contributed by atoms with Gasteiger partial charge in [0.2, 0.25) is 0 Å². The van der Waals surface area contributed by atoms with Crippen molar-refractivity contribution in [2.45, 2.75) is 24.6 Å². The molecule has 0 aromatic heterocycles. The molecule has 0 radical (unpaired) electrons. The van der Waals surface area contributed by atoms with Crippen molar-refractivity contribution in [1.29, 1.82) is 0 Å². The van der Waals surface area contributed by atoms with Crippen LogP contribution < -0.4 is 10.6 Å². The Morgan fingerprint density at radius 2 is 0.807 bits per heavy atom. The summed E-state index contributed by atoms with van der Waals surface area (Å²) in [5, 5.41) is 2.95. The Bertz CT molecular complexity index is 2060. The Morgan fingerprint density at radius 1 is 0.491 bits per heavy atom. The molecule has 6 heteroatoms. The Kier molecular flexibility index (Phi) is 19.4. The fourth-order valence-corrected chi connectivity index (χ4v) is 16.9. The summed E-state index contributed by atoms with van der Waals surface area (Å²) in [4.78, 5) is 13.8. The molecule has 0 N–H and O–H groups in total. The molecule has 1 nitrogen and oxygen atoms in total. The van der Waals surface area contributed by atoms with Crippen molar-refractivity contribution in [1.82, 2.24) is 0 Å². The predicted molar refractivity (Wildman–Crippen MR) is 254 cm³/mol.